The van der Waals surface area contributed by atoms with Crippen LogP contribution >= 0.6 is 0 Å². The van der Waals surface area contributed by atoms with Crippen LogP contribution in [0.5, 0.6) is 0 Å². The summed E-state index contributed by atoms with van der Waals surface area (Å²) in [6.07, 6.45) is 7.59. The molecule has 1 aliphatic heterocycles. The lowest BCUT2D eigenvalue weighted by Crippen LogP contribution is -2.35. The Morgan fingerprint density at radius 2 is 1.52 bits per heavy atom. The van der Waals surface area contributed by atoms with E-state index in [4.69, 9.17) is 0 Å². The molecule has 0 saturated carbocycles. The van der Waals surface area contributed by atoms with Crippen LogP contribution in [-0.4, -0.2) is 35.4 Å². The minimum absolute atomic E-state index is 0.480. The van der Waals surface area contributed by atoms with Crippen LogP contribution < -0.4 is 0 Å². The Labute approximate surface area is 174 Å². The van der Waals surface area contributed by atoms with Crippen molar-refractivity contribution in [3.05, 3.63) is 95.8 Å². The third-order valence-corrected chi connectivity index (χ3v) is 6.16. The minimum Gasteiger partial charge on any atom is -0.363 e. The molecule has 0 amide bonds. The van der Waals surface area contributed by atoms with Crippen LogP contribution in [0.15, 0.2) is 84.0 Å². The summed E-state index contributed by atoms with van der Waals surface area (Å²) in [5, 5.41) is 0. The van der Waals surface area contributed by atoms with Crippen LogP contribution in [0.4, 0.5) is 0 Å². The molecule has 3 nitrogen and oxygen atoms in total. The van der Waals surface area contributed by atoms with Crippen LogP contribution in [0.1, 0.15) is 35.6 Å². The molecule has 1 fully saturated rings. The fourth-order valence-corrected chi connectivity index (χ4v) is 4.53. The van der Waals surface area contributed by atoms with E-state index >= 15 is 0 Å². The van der Waals surface area contributed by atoms with Gasteiger partial charge in [-0.05, 0) is 42.0 Å². The molecule has 4 rings (SSSR count). The number of hydrogen-bond donors (Lipinski definition) is 0. The van der Waals surface area contributed by atoms with E-state index in [9.17, 15) is 0 Å². The maximum atomic E-state index is 4.68. The van der Waals surface area contributed by atoms with E-state index in [0.29, 0.717) is 11.8 Å². The summed E-state index contributed by atoms with van der Waals surface area (Å²) in [7, 11) is 2.10. The second-order valence-electron chi connectivity index (χ2n) is 8.05. The van der Waals surface area contributed by atoms with Crippen molar-refractivity contribution >= 4 is 6.34 Å². The van der Waals surface area contributed by atoms with E-state index in [-0.39, 0.29) is 0 Å². The highest BCUT2D eigenvalue weighted by Crippen LogP contribution is 2.37. The molecule has 2 heterocycles. The van der Waals surface area contributed by atoms with Crippen molar-refractivity contribution in [3.8, 4) is 0 Å². The number of likely N-dealkylation sites (tertiary alicyclic amines) is 1. The van der Waals surface area contributed by atoms with Crippen LogP contribution in [0.2, 0.25) is 0 Å². The second kappa shape index (κ2) is 9.60. The molecule has 150 valence electrons. The lowest BCUT2D eigenvalue weighted by atomic mass is 9.76. The van der Waals surface area contributed by atoms with Gasteiger partial charge >= 0.3 is 0 Å². The predicted octanol–water partition coefficient (Wildman–Crippen LogP) is 5.14. The first kappa shape index (κ1) is 19.5. The Hall–Kier alpha value is -2.81. The summed E-state index contributed by atoms with van der Waals surface area (Å²) in [5.74, 6) is 1.15. The molecular formula is C26H31N3. The zero-order valence-electron chi connectivity index (χ0n) is 17.3. The van der Waals surface area contributed by atoms with Gasteiger partial charge in [-0.1, -0.05) is 60.7 Å². The summed E-state index contributed by atoms with van der Waals surface area (Å²) < 4.78 is 2.17. The topological polar surface area (TPSA) is 20.5 Å². The van der Waals surface area contributed by atoms with E-state index < -0.39 is 0 Å². The van der Waals surface area contributed by atoms with E-state index in [0.717, 1.165) is 26.1 Å². The Balaban J connectivity index is 1.35. The van der Waals surface area contributed by atoms with Gasteiger partial charge in [0, 0.05) is 50.9 Å². The SMILES string of the molecule is Cn1cccc1CCN=CN1CCC(C(c2ccccc2)c2ccccc2)CC1. The fraction of sp³-hybridized carbons (Fsp3) is 0.346. The van der Waals surface area contributed by atoms with Gasteiger partial charge in [-0.2, -0.15) is 0 Å². The lowest BCUT2D eigenvalue weighted by molar-refractivity contribution is 0.254. The zero-order chi connectivity index (χ0) is 19.9. The van der Waals surface area contributed by atoms with Gasteiger partial charge in [0.2, 0.25) is 0 Å². The molecule has 1 aromatic heterocycles. The fourth-order valence-electron chi connectivity index (χ4n) is 4.53. The molecule has 0 unspecified atom stereocenters. The van der Waals surface area contributed by atoms with Crippen molar-refractivity contribution in [2.24, 2.45) is 18.0 Å². The van der Waals surface area contributed by atoms with Crippen LogP contribution in [0.25, 0.3) is 0 Å². The van der Waals surface area contributed by atoms with Gasteiger partial charge in [-0.25, -0.2) is 0 Å². The summed E-state index contributed by atoms with van der Waals surface area (Å²) in [5.41, 5.74) is 4.22. The van der Waals surface area contributed by atoms with Crippen molar-refractivity contribution < 1.29 is 0 Å². The highest BCUT2D eigenvalue weighted by molar-refractivity contribution is 5.55. The molecule has 2 aromatic carbocycles. The molecule has 0 aliphatic carbocycles. The monoisotopic (exact) mass is 385 g/mol. The molecular weight excluding hydrogens is 354 g/mol. The molecule has 1 aliphatic rings. The largest absolute Gasteiger partial charge is 0.363 e. The molecule has 0 radical (unpaired) electrons. The van der Waals surface area contributed by atoms with Gasteiger partial charge in [-0.3, -0.25) is 4.99 Å². The molecule has 0 spiro atoms. The van der Waals surface area contributed by atoms with Crippen LogP contribution in [-0.2, 0) is 13.5 Å². The first-order chi connectivity index (χ1) is 14.3. The highest BCUT2D eigenvalue weighted by atomic mass is 15.1. The second-order valence-corrected chi connectivity index (χ2v) is 8.05. The van der Waals surface area contributed by atoms with Crippen molar-refractivity contribution in [1.82, 2.24) is 9.47 Å². The number of aliphatic imine (C=N–C) groups is 1. The smallest absolute Gasteiger partial charge is 0.0849 e. The normalized spacial score (nSPS) is 15.4. The molecule has 0 atom stereocenters. The van der Waals surface area contributed by atoms with Gasteiger partial charge in [0.05, 0.1) is 6.34 Å². The summed E-state index contributed by atoms with van der Waals surface area (Å²) >= 11 is 0. The average Bonchev–Trinajstić information content (AvgIpc) is 3.19. The van der Waals surface area contributed by atoms with Gasteiger partial charge in [0.25, 0.3) is 0 Å². The summed E-state index contributed by atoms with van der Waals surface area (Å²) in [6.45, 7) is 3.04. The number of rotatable bonds is 7. The first-order valence-corrected chi connectivity index (χ1v) is 10.8. The van der Waals surface area contributed by atoms with E-state index in [1.54, 1.807) is 0 Å². The van der Waals surface area contributed by atoms with Gasteiger partial charge in [-0.15, -0.1) is 0 Å². The molecule has 3 aromatic rings. The maximum Gasteiger partial charge on any atom is 0.0849 e. The van der Waals surface area contributed by atoms with E-state index in [1.165, 1.54) is 29.7 Å². The number of aryl methyl sites for hydroxylation is 1. The third kappa shape index (κ3) is 4.97. The number of hydrogen-bond acceptors (Lipinski definition) is 1. The summed E-state index contributed by atoms with van der Waals surface area (Å²) in [4.78, 5) is 7.08. The van der Waals surface area contributed by atoms with Crippen molar-refractivity contribution in [2.45, 2.75) is 25.2 Å². The maximum absolute atomic E-state index is 4.68. The number of aromatic nitrogens is 1. The van der Waals surface area contributed by atoms with Gasteiger partial charge < -0.3 is 9.47 Å². The minimum atomic E-state index is 0.480. The zero-order valence-corrected chi connectivity index (χ0v) is 17.3. The number of benzene rings is 2. The Morgan fingerprint density at radius 1 is 0.897 bits per heavy atom. The predicted molar refractivity (Wildman–Crippen MR) is 122 cm³/mol. The molecule has 0 N–H and O–H groups in total. The Morgan fingerprint density at radius 3 is 2.07 bits per heavy atom. The van der Waals surface area contributed by atoms with Crippen molar-refractivity contribution in [1.29, 1.82) is 0 Å². The Bertz CT molecular complexity index is 850. The van der Waals surface area contributed by atoms with Crippen molar-refractivity contribution in [3.63, 3.8) is 0 Å². The standard InChI is InChI=1S/C26H31N3/c1-28-18-8-13-25(28)14-17-27-21-29-19-15-24(16-20-29)26(22-9-4-2-5-10-22)23-11-6-3-7-12-23/h2-13,18,21,24,26H,14-17,19-20H2,1H3. The number of nitrogens with zero attached hydrogens (tertiary/aromatic N) is 3. The van der Waals surface area contributed by atoms with Gasteiger partial charge in [0.15, 0.2) is 0 Å². The number of piperidine rings is 1. The third-order valence-electron chi connectivity index (χ3n) is 6.16. The van der Waals surface area contributed by atoms with Crippen LogP contribution in [0, 0.1) is 5.92 Å². The first-order valence-electron chi connectivity index (χ1n) is 10.8. The summed E-state index contributed by atoms with van der Waals surface area (Å²) in [6, 6.07) is 26.3. The quantitative estimate of drug-likeness (QED) is 0.407. The highest BCUT2D eigenvalue weighted by Gasteiger charge is 2.28. The van der Waals surface area contributed by atoms with Crippen LogP contribution in [0.3, 0.4) is 0 Å². The van der Waals surface area contributed by atoms with E-state index in [1.807, 2.05) is 0 Å². The molecule has 1 saturated heterocycles. The lowest BCUT2D eigenvalue weighted by Gasteiger charge is -2.36. The molecule has 29 heavy (non-hydrogen) atoms. The van der Waals surface area contributed by atoms with Crippen molar-refractivity contribution in [2.75, 3.05) is 19.6 Å². The average molecular weight is 386 g/mol. The van der Waals surface area contributed by atoms with E-state index in [2.05, 4.69) is 107 Å². The molecule has 0 bridgehead atoms. The van der Waals surface area contributed by atoms with Gasteiger partial charge in [0.1, 0.15) is 0 Å². The Kier molecular flexibility index (Phi) is 6.45. The molecule has 3 heteroatoms.